The van der Waals surface area contributed by atoms with Crippen LogP contribution in [0.1, 0.15) is 69.4 Å². The first-order valence-corrected chi connectivity index (χ1v) is 17.2. The molecule has 0 bridgehead atoms. The summed E-state index contributed by atoms with van der Waals surface area (Å²) in [7, 11) is 0. The number of hydrogen-bond acceptors (Lipinski definition) is 8. The molecule has 0 fully saturated rings. The molecular formula is C40H34F6N8O3. The SMILES string of the molecule is C#Cc1cn2c(-c3ccc(C(=O)CC)c(C)c3)cnc2c(NCCC(F)(F)F)n1.C#Cc1cn2c(-c3ccc(C(=O)O)c(C)c3)cnc2c(NCCC(F)(F)F)n1. The standard InChI is InChI=1S/C21H19F3N4O.C19H15F3N4O2/c1-4-15-12-28-17(14-6-7-16(13(3)10-14)18(29)5-2)11-26-20(28)19(27-15)25-9-8-21(22,23)24;1-3-13-10-26-15(12-4-5-14(18(27)28)11(2)8-12)9-24-17(26)16(25-13)23-7-6-19(20,21)22/h1,6-7,10-12H,5,8-9H2,2-3H3,(H,25,27);1,4-5,8-10H,6-7H2,2H3,(H,23,25)(H,27,28). The maximum atomic E-state index is 12.5. The number of Topliss-reactive ketones (excluding diaryl/α,β-unsaturated/α-hetero) is 1. The van der Waals surface area contributed by atoms with Gasteiger partial charge in [-0.05, 0) is 55.0 Å². The van der Waals surface area contributed by atoms with Crippen LogP contribution in [0.4, 0.5) is 38.0 Å². The van der Waals surface area contributed by atoms with E-state index < -0.39 is 31.2 Å². The lowest BCUT2D eigenvalue weighted by Gasteiger charge is -2.11. The monoisotopic (exact) mass is 788 g/mol. The number of carbonyl (C=O) groups excluding carboxylic acids is 1. The molecule has 2 aromatic carbocycles. The number of aromatic carboxylic acids is 1. The van der Waals surface area contributed by atoms with E-state index in [-0.39, 0.29) is 47.5 Å². The largest absolute Gasteiger partial charge is 0.478 e. The summed E-state index contributed by atoms with van der Waals surface area (Å²) in [5.41, 5.74) is 6.19. The molecule has 0 amide bonds. The topological polar surface area (TPSA) is 139 Å². The molecule has 294 valence electrons. The molecule has 0 radical (unpaired) electrons. The average molecular weight is 789 g/mol. The molecule has 0 aliphatic rings. The zero-order valence-electron chi connectivity index (χ0n) is 30.7. The summed E-state index contributed by atoms with van der Waals surface area (Å²) >= 11 is 0. The third-order valence-corrected chi connectivity index (χ3v) is 8.58. The van der Waals surface area contributed by atoms with Crippen LogP contribution in [0.25, 0.3) is 33.8 Å². The Balaban J connectivity index is 0.000000218. The molecule has 0 unspecified atom stereocenters. The number of imidazole rings is 2. The number of ketones is 1. The smallest absolute Gasteiger partial charge is 0.390 e. The van der Waals surface area contributed by atoms with Crippen molar-refractivity contribution in [1.29, 1.82) is 0 Å². The zero-order valence-corrected chi connectivity index (χ0v) is 30.7. The van der Waals surface area contributed by atoms with Gasteiger partial charge >= 0.3 is 18.3 Å². The molecule has 0 aliphatic heterocycles. The van der Waals surface area contributed by atoms with Gasteiger partial charge in [0.15, 0.2) is 28.7 Å². The Kier molecular flexibility index (Phi) is 12.2. The lowest BCUT2D eigenvalue weighted by Crippen LogP contribution is -2.16. The summed E-state index contributed by atoms with van der Waals surface area (Å²) < 4.78 is 77.9. The number of fused-ring (bicyclic) bond motifs is 2. The van der Waals surface area contributed by atoms with Crippen molar-refractivity contribution in [2.24, 2.45) is 0 Å². The van der Waals surface area contributed by atoms with Crippen LogP contribution in [0.15, 0.2) is 61.2 Å². The van der Waals surface area contributed by atoms with Crippen molar-refractivity contribution in [2.75, 3.05) is 23.7 Å². The van der Waals surface area contributed by atoms with E-state index in [9.17, 15) is 35.9 Å². The second-order valence-electron chi connectivity index (χ2n) is 12.6. The van der Waals surface area contributed by atoms with Gasteiger partial charge in [0.1, 0.15) is 11.4 Å². The number of carbonyl (C=O) groups is 2. The molecule has 11 nitrogen and oxygen atoms in total. The molecule has 4 aromatic heterocycles. The molecule has 57 heavy (non-hydrogen) atoms. The van der Waals surface area contributed by atoms with E-state index in [0.717, 1.165) is 11.1 Å². The van der Waals surface area contributed by atoms with Gasteiger partial charge in [0, 0.05) is 48.6 Å². The Hall–Kier alpha value is -6.88. The van der Waals surface area contributed by atoms with Crippen molar-refractivity contribution >= 4 is 34.7 Å². The summed E-state index contributed by atoms with van der Waals surface area (Å²) in [6, 6.07) is 10.3. The minimum atomic E-state index is -4.29. The van der Waals surface area contributed by atoms with E-state index in [2.05, 4.69) is 42.4 Å². The molecule has 0 aliphatic carbocycles. The van der Waals surface area contributed by atoms with Crippen molar-refractivity contribution in [1.82, 2.24) is 28.7 Å². The maximum Gasteiger partial charge on any atom is 0.390 e. The van der Waals surface area contributed by atoms with Gasteiger partial charge in [-0.2, -0.15) is 26.3 Å². The molecule has 0 saturated heterocycles. The van der Waals surface area contributed by atoms with Crippen molar-refractivity contribution in [3.63, 3.8) is 0 Å². The van der Waals surface area contributed by atoms with Crippen LogP contribution in [0, 0.1) is 38.5 Å². The van der Waals surface area contributed by atoms with Crippen LogP contribution in [0.5, 0.6) is 0 Å². The minimum absolute atomic E-state index is 0.0576. The number of aromatic nitrogens is 6. The number of rotatable bonds is 11. The molecule has 0 saturated carbocycles. The normalized spacial score (nSPS) is 11.4. The molecule has 0 atom stereocenters. The third kappa shape index (κ3) is 9.87. The molecule has 0 spiro atoms. The number of carboxylic acid groups (broad SMARTS) is 1. The number of carboxylic acids is 1. The summed E-state index contributed by atoms with van der Waals surface area (Å²) in [5, 5.41) is 14.5. The molecular weight excluding hydrogens is 754 g/mol. The predicted molar refractivity (Wildman–Crippen MR) is 202 cm³/mol. The van der Waals surface area contributed by atoms with Crippen LogP contribution in [-0.4, -0.2) is 71.0 Å². The van der Waals surface area contributed by atoms with Gasteiger partial charge in [0.25, 0.3) is 0 Å². The highest BCUT2D eigenvalue weighted by atomic mass is 19.4. The third-order valence-electron chi connectivity index (χ3n) is 8.58. The van der Waals surface area contributed by atoms with Crippen LogP contribution >= 0.6 is 0 Å². The highest BCUT2D eigenvalue weighted by Gasteiger charge is 2.27. The van der Waals surface area contributed by atoms with Crippen LogP contribution in [0.2, 0.25) is 0 Å². The van der Waals surface area contributed by atoms with E-state index >= 15 is 0 Å². The maximum absolute atomic E-state index is 12.5. The molecule has 17 heteroatoms. The second-order valence-corrected chi connectivity index (χ2v) is 12.6. The van der Waals surface area contributed by atoms with Gasteiger partial charge in [0.2, 0.25) is 0 Å². The Labute approximate surface area is 322 Å². The number of halogens is 6. The van der Waals surface area contributed by atoms with E-state index in [1.54, 1.807) is 52.5 Å². The summed E-state index contributed by atoms with van der Waals surface area (Å²) in [6.07, 6.45) is 7.00. The van der Waals surface area contributed by atoms with E-state index in [1.807, 2.05) is 26.0 Å². The number of benzene rings is 2. The summed E-state index contributed by atoms with van der Waals surface area (Å²) in [6.45, 7) is 4.63. The Morgan fingerprint density at radius 2 is 1.16 bits per heavy atom. The van der Waals surface area contributed by atoms with Crippen molar-refractivity contribution in [3.8, 4) is 47.2 Å². The second kappa shape index (κ2) is 16.9. The van der Waals surface area contributed by atoms with Crippen LogP contribution < -0.4 is 10.6 Å². The van der Waals surface area contributed by atoms with Crippen molar-refractivity contribution in [2.45, 2.75) is 52.4 Å². The summed E-state index contributed by atoms with van der Waals surface area (Å²) in [4.78, 5) is 40.1. The van der Waals surface area contributed by atoms with Crippen molar-refractivity contribution < 1.29 is 41.0 Å². The van der Waals surface area contributed by atoms with Crippen LogP contribution in [-0.2, 0) is 0 Å². The van der Waals surface area contributed by atoms with Gasteiger partial charge < -0.3 is 15.7 Å². The zero-order chi connectivity index (χ0) is 41.7. The van der Waals surface area contributed by atoms with Gasteiger partial charge in [-0.15, -0.1) is 12.8 Å². The van der Waals surface area contributed by atoms with E-state index in [0.29, 0.717) is 45.8 Å². The van der Waals surface area contributed by atoms with Gasteiger partial charge in [0.05, 0.1) is 42.2 Å². The lowest BCUT2D eigenvalue weighted by molar-refractivity contribution is -0.132. The Morgan fingerprint density at radius 1 is 0.737 bits per heavy atom. The fourth-order valence-electron chi connectivity index (χ4n) is 5.81. The predicted octanol–water partition coefficient (Wildman–Crippen LogP) is 8.39. The summed E-state index contributed by atoms with van der Waals surface area (Å²) in [5.74, 6) is 4.14. The number of alkyl halides is 6. The van der Waals surface area contributed by atoms with Gasteiger partial charge in [-0.25, -0.2) is 24.7 Å². The first-order valence-electron chi connectivity index (χ1n) is 17.2. The quantitative estimate of drug-likeness (QED) is 0.0671. The molecule has 6 aromatic rings. The number of aryl methyl sites for hydroxylation is 2. The number of terminal acetylenes is 2. The average Bonchev–Trinajstić information content (AvgIpc) is 3.78. The molecule has 3 N–H and O–H groups in total. The highest BCUT2D eigenvalue weighted by Crippen LogP contribution is 2.29. The number of anilines is 2. The first-order chi connectivity index (χ1) is 26.9. The number of nitrogens with zero attached hydrogens (tertiary/aromatic N) is 6. The number of hydrogen-bond donors (Lipinski definition) is 3. The Bertz CT molecular complexity index is 2560. The van der Waals surface area contributed by atoms with E-state index in [1.165, 1.54) is 12.3 Å². The Morgan fingerprint density at radius 3 is 1.51 bits per heavy atom. The minimum Gasteiger partial charge on any atom is -0.478 e. The van der Waals surface area contributed by atoms with Crippen molar-refractivity contribution in [3.05, 3.63) is 94.8 Å². The number of nitrogens with one attached hydrogen (secondary N) is 2. The fraction of sp³-hybridized carbons (Fsp3) is 0.250. The van der Waals surface area contributed by atoms with Crippen LogP contribution in [0.3, 0.4) is 0 Å². The molecule has 4 heterocycles. The highest BCUT2D eigenvalue weighted by molar-refractivity contribution is 5.97. The van der Waals surface area contributed by atoms with Gasteiger partial charge in [-0.3, -0.25) is 13.6 Å². The lowest BCUT2D eigenvalue weighted by atomic mass is 9.99. The fourth-order valence-corrected chi connectivity index (χ4v) is 5.81. The van der Waals surface area contributed by atoms with E-state index in [4.69, 9.17) is 18.0 Å². The molecule has 6 rings (SSSR count). The first kappa shape index (κ1) is 41.3. The van der Waals surface area contributed by atoms with Gasteiger partial charge in [-0.1, -0.05) is 25.1 Å².